The van der Waals surface area contributed by atoms with Crippen molar-refractivity contribution in [2.45, 2.75) is 32.3 Å². The first-order valence-corrected chi connectivity index (χ1v) is 10.8. The van der Waals surface area contributed by atoms with Crippen molar-refractivity contribution >= 4 is 17.3 Å². The van der Waals surface area contributed by atoms with Crippen LogP contribution in [-0.2, 0) is 15.9 Å². The zero-order chi connectivity index (χ0) is 21.5. The van der Waals surface area contributed by atoms with Gasteiger partial charge in [-0.25, -0.2) is 9.78 Å². The summed E-state index contributed by atoms with van der Waals surface area (Å²) < 4.78 is 21.8. The molecule has 0 unspecified atom stereocenters. The number of carbonyl (C=O) groups excluding carboxylic acids is 1. The van der Waals surface area contributed by atoms with E-state index < -0.39 is 6.16 Å². The largest absolute Gasteiger partial charge is 0.508 e. The van der Waals surface area contributed by atoms with Crippen LogP contribution in [0.1, 0.15) is 31.2 Å². The minimum Gasteiger partial charge on any atom is -0.492 e. The van der Waals surface area contributed by atoms with E-state index in [-0.39, 0.29) is 6.10 Å². The second kappa shape index (κ2) is 10.3. The third-order valence-corrected chi connectivity index (χ3v) is 5.35. The van der Waals surface area contributed by atoms with Crippen LogP contribution in [0.4, 0.5) is 4.79 Å². The molecule has 7 heteroatoms. The van der Waals surface area contributed by atoms with Crippen molar-refractivity contribution in [2.75, 3.05) is 32.8 Å². The lowest BCUT2D eigenvalue weighted by Crippen LogP contribution is -2.39. The molecule has 0 saturated carbocycles. The molecule has 2 aromatic carbocycles. The van der Waals surface area contributed by atoms with E-state index >= 15 is 0 Å². The molecule has 0 radical (unpaired) electrons. The number of likely N-dealkylation sites (tertiary alicyclic amines) is 1. The zero-order valence-electron chi connectivity index (χ0n) is 17.8. The van der Waals surface area contributed by atoms with Crippen LogP contribution in [-0.4, -0.2) is 55.0 Å². The summed E-state index contributed by atoms with van der Waals surface area (Å²) in [5, 5.41) is 0. The van der Waals surface area contributed by atoms with Gasteiger partial charge in [0.25, 0.3) is 0 Å². The molecule has 1 aliphatic heterocycles. The summed E-state index contributed by atoms with van der Waals surface area (Å²) in [6.07, 6.45) is 1.68. The van der Waals surface area contributed by atoms with Gasteiger partial charge in [-0.1, -0.05) is 24.3 Å². The molecule has 7 nitrogen and oxygen atoms in total. The molecule has 0 aliphatic carbocycles. The van der Waals surface area contributed by atoms with Crippen molar-refractivity contribution < 1.29 is 23.4 Å². The lowest BCUT2D eigenvalue weighted by Gasteiger charge is -2.31. The fourth-order valence-corrected chi connectivity index (χ4v) is 3.70. The first-order chi connectivity index (χ1) is 15.2. The van der Waals surface area contributed by atoms with E-state index in [1.165, 1.54) is 0 Å². The summed E-state index contributed by atoms with van der Waals surface area (Å²) in [7, 11) is 0. The van der Waals surface area contributed by atoms with Gasteiger partial charge in [-0.15, -0.1) is 0 Å². The molecule has 0 amide bonds. The number of fused-ring (bicyclic) bond motifs is 1. The Morgan fingerprint density at radius 1 is 1.13 bits per heavy atom. The highest BCUT2D eigenvalue weighted by Gasteiger charge is 2.22. The molecule has 1 aromatic heterocycles. The Balaban J connectivity index is 1.17. The van der Waals surface area contributed by atoms with Crippen LogP contribution in [0, 0.1) is 0 Å². The third kappa shape index (κ3) is 5.98. The van der Waals surface area contributed by atoms with Crippen LogP contribution in [0.25, 0.3) is 11.1 Å². The number of benzene rings is 2. The molecular weight excluding hydrogens is 396 g/mol. The lowest BCUT2D eigenvalue weighted by atomic mass is 10.1. The first kappa shape index (κ1) is 21.2. The van der Waals surface area contributed by atoms with Crippen molar-refractivity contribution in [2.24, 2.45) is 0 Å². The average Bonchev–Trinajstić information content (AvgIpc) is 3.19. The van der Waals surface area contributed by atoms with Crippen molar-refractivity contribution in [3.05, 3.63) is 60.0 Å². The Morgan fingerprint density at radius 3 is 2.65 bits per heavy atom. The number of hydrogen-bond donors (Lipinski definition) is 0. The summed E-state index contributed by atoms with van der Waals surface area (Å²) in [6, 6.07) is 15.8. The number of nitrogens with zero attached hydrogens (tertiary/aromatic N) is 2. The molecule has 1 saturated heterocycles. The Kier molecular flexibility index (Phi) is 7.04. The van der Waals surface area contributed by atoms with E-state index in [0.29, 0.717) is 25.5 Å². The maximum atomic E-state index is 11.4. The molecular formula is C24H28N2O5. The van der Waals surface area contributed by atoms with E-state index in [9.17, 15) is 4.79 Å². The van der Waals surface area contributed by atoms with E-state index in [1.54, 1.807) is 6.92 Å². The van der Waals surface area contributed by atoms with E-state index in [2.05, 4.69) is 9.88 Å². The minimum atomic E-state index is -0.566. The van der Waals surface area contributed by atoms with Crippen molar-refractivity contribution in [3.8, 4) is 5.75 Å². The maximum absolute atomic E-state index is 11.4. The summed E-state index contributed by atoms with van der Waals surface area (Å²) in [5.74, 6) is 1.56. The van der Waals surface area contributed by atoms with Gasteiger partial charge in [-0.2, -0.15) is 0 Å². The second-order valence-corrected chi connectivity index (χ2v) is 7.59. The number of ether oxygens (including phenoxy) is 3. The second-order valence-electron chi connectivity index (χ2n) is 7.59. The number of piperidine rings is 1. The minimum absolute atomic E-state index is 0.0509. The van der Waals surface area contributed by atoms with Crippen LogP contribution in [0.5, 0.6) is 5.75 Å². The van der Waals surface area contributed by atoms with Crippen molar-refractivity contribution in [3.63, 3.8) is 0 Å². The monoisotopic (exact) mass is 424 g/mol. The number of hydrogen-bond acceptors (Lipinski definition) is 7. The number of oxazole rings is 1. The van der Waals surface area contributed by atoms with Crippen LogP contribution >= 0.6 is 0 Å². The van der Waals surface area contributed by atoms with Gasteiger partial charge in [0.2, 0.25) is 0 Å². The first-order valence-electron chi connectivity index (χ1n) is 10.8. The van der Waals surface area contributed by atoms with Crippen molar-refractivity contribution in [1.82, 2.24) is 9.88 Å². The summed E-state index contributed by atoms with van der Waals surface area (Å²) in [4.78, 5) is 18.3. The predicted octanol–water partition coefficient (Wildman–Crippen LogP) is 4.43. The number of carbonyl (C=O) groups is 1. The highest BCUT2D eigenvalue weighted by atomic mass is 16.7. The number of aromatic nitrogens is 1. The van der Waals surface area contributed by atoms with Gasteiger partial charge in [-0.05, 0) is 49.6 Å². The normalized spacial score (nSPS) is 15.1. The Hall–Kier alpha value is -3.06. The number of para-hydroxylation sites is 2. The van der Waals surface area contributed by atoms with E-state index in [4.69, 9.17) is 18.6 Å². The molecule has 2 heterocycles. The molecule has 1 fully saturated rings. The van der Waals surface area contributed by atoms with Crippen LogP contribution < -0.4 is 4.74 Å². The Morgan fingerprint density at radius 2 is 1.90 bits per heavy atom. The molecule has 31 heavy (non-hydrogen) atoms. The van der Waals surface area contributed by atoms with Gasteiger partial charge < -0.3 is 18.6 Å². The molecule has 0 bridgehead atoms. The lowest BCUT2D eigenvalue weighted by molar-refractivity contribution is 0.000651. The van der Waals surface area contributed by atoms with Gasteiger partial charge in [0.15, 0.2) is 11.5 Å². The molecule has 0 spiro atoms. The highest BCUT2D eigenvalue weighted by molar-refractivity contribution is 5.72. The van der Waals surface area contributed by atoms with Gasteiger partial charge >= 0.3 is 6.16 Å². The van der Waals surface area contributed by atoms with E-state index in [1.807, 2.05) is 48.5 Å². The molecule has 1 aliphatic rings. The fraction of sp³-hybridized carbons (Fsp3) is 0.417. The maximum Gasteiger partial charge on any atom is 0.508 e. The van der Waals surface area contributed by atoms with E-state index in [0.717, 1.165) is 54.9 Å². The SMILES string of the molecule is CCOC(=O)OC1CCN(CCOc2ccc(Cc3nc4ccccc4o3)cc2)CC1. The molecule has 164 valence electrons. The van der Waals surface area contributed by atoms with Gasteiger partial charge in [0.05, 0.1) is 6.61 Å². The topological polar surface area (TPSA) is 74.0 Å². The summed E-state index contributed by atoms with van der Waals surface area (Å²) >= 11 is 0. The highest BCUT2D eigenvalue weighted by Crippen LogP contribution is 2.19. The average molecular weight is 424 g/mol. The smallest absolute Gasteiger partial charge is 0.492 e. The van der Waals surface area contributed by atoms with Crippen LogP contribution in [0.2, 0.25) is 0 Å². The van der Waals surface area contributed by atoms with Gasteiger partial charge in [0.1, 0.15) is 24.0 Å². The van der Waals surface area contributed by atoms with Gasteiger partial charge in [0, 0.05) is 26.1 Å². The Labute approximate surface area is 181 Å². The zero-order valence-corrected chi connectivity index (χ0v) is 17.8. The van der Waals surface area contributed by atoms with Crippen LogP contribution in [0.15, 0.2) is 52.9 Å². The third-order valence-electron chi connectivity index (χ3n) is 5.35. The molecule has 0 atom stereocenters. The standard InChI is InChI=1S/C24H28N2O5/c1-2-28-24(27)30-20-11-13-26(14-12-20)15-16-29-19-9-7-18(8-10-19)17-23-25-21-5-3-4-6-22(21)31-23/h3-10,20H,2,11-17H2,1H3. The number of rotatable bonds is 8. The fourth-order valence-electron chi connectivity index (χ4n) is 3.70. The summed E-state index contributed by atoms with van der Waals surface area (Å²) in [5.41, 5.74) is 2.82. The van der Waals surface area contributed by atoms with Crippen molar-refractivity contribution in [1.29, 1.82) is 0 Å². The molecule has 3 aromatic rings. The van der Waals surface area contributed by atoms with Gasteiger partial charge in [-0.3, -0.25) is 4.90 Å². The molecule has 0 N–H and O–H groups in total. The molecule has 4 rings (SSSR count). The quantitative estimate of drug-likeness (QED) is 0.495. The van der Waals surface area contributed by atoms with Crippen LogP contribution in [0.3, 0.4) is 0 Å². The Bertz CT molecular complexity index is 944. The predicted molar refractivity (Wildman–Crippen MR) is 116 cm³/mol. The summed E-state index contributed by atoms with van der Waals surface area (Å²) in [6.45, 7) is 5.35.